The second-order valence-electron chi connectivity index (χ2n) is 9.65. The van der Waals surface area contributed by atoms with Gasteiger partial charge in [0, 0.05) is 85.8 Å². The molecule has 6 rings (SSSR count). The molecule has 0 spiro atoms. The quantitative estimate of drug-likeness (QED) is 0.247. The Hall–Kier alpha value is -5.30. The van der Waals surface area contributed by atoms with Crippen LogP contribution in [-0.4, -0.2) is 73.1 Å². The van der Waals surface area contributed by atoms with Crippen LogP contribution < -0.4 is 4.90 Å². The number of aryl methyl sites for hydroxylation is 1. The zero-order valence-corrected chi connectivity index (χ0v) is 22.1. The van der Waals surface area contributed by atoms with Gasteiger partial charge in [0.05, 0.1) is 30.0 Å². The minimum Gasteiger partial charge on any atom is -0.353 e. The van der Waals surface area contributed by atoms with Crippen molar-refractivity contribution in [1.29, 1.82) is 0 Å². The lowest BCUT2D eigenvalue weighted by molar-refractivity contribution is 0.0746. The van der Waals surface area contributed by atoms with Gasteiger partial charge in [-0.15, -0.1) is 6.42 Å². The molecular weight excluding hydrogens is 502 g/mol. The molecule has 5 aromatic rings. The maximum atomic E-state index is 12.9. The third kappa shape index (κ3) is 4.69. The van der Waals surface area contributed by atoms with Gasteiger partial charge in [-0.1, -0.05) is 5.92 Å². The molecule has 0 aliphatic carbocycles. The van der Waals surface area contributed by atoms with Gasteiger partial charge in [-0.2, -0.15) is 10.2 Å². The molecule has 1 aliphatic rings. The third-order valence-electron chi connectivity index (χ3n) is 7.12. The van der Waals surface area contributed by atoms with E-state index < -0.39 is 0 Å². The highest BCUT2D eigenvalue weighted by atomic mass is 16.2. The maximum absolute atomic E-state index is 12.9. The highest BCUT2D eigenvalue weighted by molar-refractivity contribution is 5.94. The van der Waals surface area contributed by atoms with Crippen LogP contribution >= 0.6 is 0 Å². The van der Waals surface area contributed by atoms with Crippen LogP contribution in [-0.2, 0) is 13.6 Å². The first-order valence-electron chi connectivity index (χ1n) is 12.9. The van der Waals surface area contributed by atoms with Crippen molar-refractivity contribution >= 4 is 24.0 Å². The molecule has 0 radical (unpaired) electrons. The van der Waals surface area contributed by atoms with E-state index in [1.165, 1.54) is 0 Å². The molecule has 6 heterocycles. The largest absolute Gasteiger partial charge is 0.353 e. The second-order valence-corrected chi connectivity index (χ2v) is 9.65. The van der Waals surface area contributed by atoms with Crippen LogP contribution in [0.2, 0.25) is 0 Å². The fraction of sp³-hybridized carbons (Fsp3) is 0.200. The van der Waals surface area contributed by atoms with Crippen molar-refractivity contribution in [3.05, 3.63) is 84.3 Å². The first kappa shape index (κ1) is 25.0. The number of carbonyl (C=O) groups is 1. The standard InChI is InChI=1S/C30H27N9O/c1-4-26-7-5-22(16-32-26)30(40)38-11-9-37(10-12-38)28-8-6-21(15-33-28)27-13-23(25-18-34-36(3)19-25)20-39-29(27)24(14-31-2)17-35-39/h1,5-8,13,15-20H,2,9-12,14H2,3H3. The minimum absolute atomic E-state index is 0.0397. The number of anilines is 1. The number of nitrogens with zero attached hydrogens (tertiary/aromatic N) is 9. The Morgan fingerprint density at radius 2 is 1.82 bits per heavy atom. The van der Waals surface area contributed by atoms with Gasteiger partial charge >= 0.3 is 0 Å². The number of fused-ring (bicyclic) bond motifs is 1. The zero-order chi connectivity index (χ0) is 27.6. The summed E-state index contributed by atoms with van der Waals surface area (Å²) in [6.07, 6.45) is 16.5. The number of pyridine rings is 3. The van der Waals surface area contributed by atoms with E-state index >= 15 is 0 Å². The summed E-state index contributed by atoms with van der Waals surface area (Å²) in [5.74, 6) is 3.31. The van der Waals surface area contributed by atoms with Crippen molar-refractivity contribution in [3.8, 4) is 34.6 Å². The molecule has 10 nitrogen and oxygen atoms in total. The summed E-state index contributed by atoms with van der Waals surface area (Å²) in [5, 5.41) is 8.91. The Morgan fingerprint density at radius 3 is 2.48 bits per heavy atom. The van der Waals surface area contributed by atoms with Gasteiger partial charge in [0.15, 0.2) is 0 Å². The van der Waals surface area contributed by atoms with Gasteiger partial charge in [0.25, 0.3) is 5.91 Å². The van der Waals surface area contributed by atoms with E-state index in [0.717, 1.165) is 39.2 Å². The first-order valence-corrected chi connectivity index (χ1v) is 12.9. The van der Waals surface area contributed by atoms with Crippen LogP contribution in [0.25, 0.3) is 27.8 Å². The van der Waals surface area contributed by atoms with Gasteiger partial charge in [-0.3, -0.25) is 14.5 Å². The lowest BCUT2D eigenvalue weighted by Gasteiger charge is -2.35. The Morgan fingerprint density at radius 1 is 0.975 bits per heavy atom. The lowest BCUT2D eigenvalue weighted by Crippen LogP contribution is -2.49. The summed E-state index contributed by atoms with van der Waals surface area (Å²) < 4.78 is 3.67. The molecule has 0 N–H and O–H groups in total. The summed E-state index contributed by atoms with van der Waals surface area (Å²) in [5.41, 5.74) is 7.03. The number of terminal acetylenes is 1. The van der Waals surface area contributed by atoms with E-state index in [0.29, 0.717) is 44.0 Å². The van der Waals surface area contributed by atoms with Crippen molar-refractivity contribution in [1.82, 2.24) is 34.3 Å². The van der Waals surface area contributed by atoms with Gasteiger partial charge in [0.2, 0.25) is 0 Å². The number of rotatable bonds is 6. The molecule has 198 valence electrons. The average Bonchev–Trinajstić information content (AvgIpc) is 3.63. The number of aliphatic imine (C=N–C) groups is 1. The predicted molar refractivity (Wildman–Crippen MR) is 154 cm³/mol. The number of amides is 1. The predicted octanol–water partition coefficient (Wildman–Crippen LogP) is 3.34. The molecule has 0 bridgehead atoms. The number of hydrogen-bond acceptors (Lipinski definition) is 7. The van der Waals surface area contributed by atoms with E-state index in [-0.39, 0.29) is 5.91 Å². The molecule has 1 saturated heterocycles. The Bertz CT molecular complexity index is 1740. The van der Waals surface area contributed by atoms with Crippen LogP contribution in [0.15, 0.2) is 72.5 Å². The summed E-state index contributed by atoms with van der Waals surface area (Å²) in [6.45, 7) is 6.71. The molecule has 10 heteroatoms. The number of piperazine rings is 1. The SMILES string of the molecule is C#Cc1ccc(C(=O)N2CCN(c3ccc(-c4cc(-c5cnn(C)c5)cn5ncc(CN=C)c45)cn3)CC2)cn1. The van der Waals surface area contributed by atoms with Crippen LogP contribution in [0, 0.1) is 12.3 Å². The second kappa shape index (κ2) is 10.5. The van der Waals surface area contributed by atoms with Crippen LogP contribution in [0.4, 0.5) is 5.82 Å². The summed E-state index contributed by atoms with van der Waals surface area (Å²) in [7, 11) is 1.90. The molecule has 1 amide bonds. The van der Waals surface area contributed by atoms with Crippen LogP contribution in [0.1, 0.15) is 21.6 Å². The number of aromatic nitrogens is 6. The topological polar surface area (TPSA) is 96.8 Å². The fourth-order valence-corrected chi connectivity index (χ4v) is 5.03. The van der Waals surface area contributed by atoms with Gasteiger partial charge in [0.1, 0.15) is 11.5 Å². The van der Waals surface area contributed by atoms with E-state index in [4.69, 9.17) is 11.4 Å². The molecule has 0 aromatic carbocycles. The molecule has 0 atom stereocenters. The van der Waals surface area contributed by atoms with E-state index in [2.05, 4.69) is 49.8 Å². The van der Waals surface area contributed by atoms with Crippen molar-refractivity contribution in [3.63, 3.8) is 0 Å². The molecule has 5 aromatic heterocycles. The van der Waals surface area contributed by atoms with Crippen molar-refractivity contribution < 1.29 is 4.79 Å². The summed E-state index contributed by atoms with van der Waals surface area (Å²) in [6, 6.07) is 9.68. The van der Waals surface area contributed by atoms with Gasteiger partial charge in [-0.05, 0) is 37.0 Å². The minimum atomic E-state index is -0.0397. The van der Waals surface area contributed by atoms with E-state index in [1.807, 2.05) is 53.5 Å². The summed E-state index contributed by atoms with van der Waals surface area (Å²) in [4.78, 5) is 30.0. The third-order valence-corrected chi connectivity index (χ3v) is 7.12. The monoisotopic (exact) mass is 529 g/mol. The van der Waals surface area contributed by atoms with Gasteiger partial charge in [-0.25, -0.2) is 14.5 Å². The van der Waals surface area contributed by atoms with Crippen LogP contribution in [0.3, 0.4) is 0 Å². The van der Waals surface area contributed by atoms with Crippen molar-refractivity contribution in [2.45, 2.75) is 6.54 Å². The molecule has 1 fully saturated rings. The number of carbonyl (C=O) groups excluding carboxylic acids is 1. The molecule has 40 heavy (non-hydrogen) atoms. The lowest BCUT2D eigenvalue weighted by atomic mass is 10.0. The van der Waals surface area contributed by atoms with Crippen LogP contribution in [0.5, 0.6) is 0 Å². The van der Waals surface area contributed by atoms with Crippen molar-refractivity contribution in [2.24, 2.45) is 12.0 Å². The van der Waals surface area contributed by atoms with Gasteiger partial charge < -0.3 is 9.80 Å². The Labute approximate surface area is 231 Å². The highest BCUT2D eigenvalue weighted by Gasteiger charge is 2.23. The molecule has 0 unspecified atom stereocenters. The van der Waals surface area contributed by atoms with E-state index in [1.54, 1.807) is 23.0 Å². The molecule has 0 saturated carbocycles. The summed E-state index contributed by atoms with van der Waals surface area (Å²) >= 11 is 0. The average molecular weight is 530 g/mol. The molecular formula is C30H27N9O. The Kier molecular flexibility index (Phi) is 6.54. The highest BCUT2D eigenvalue weighted by Crippen LogP contribution is 2.32. The fourth-order valence-electron chi connectivity index (χ4n) is 5.03. The molecule has 1 aliphatic heterocycles. The smallest absolute Gasteiger partial charge is 0.255 e. The van der Waals surface area contributed by atoms with E-state index in [9.17, 15) is 4.79 Å². The Balaban J connectivity index is 1.23. The maximum Gasteiger partial charge on any atom is 0.255 e. The first-order chi connectivity index (χ1) is 19.5. The zero-order valence-electron chi connectivity index (χ0n) is 22.1. The normalized spacial score (nSPS) is 13.4. The number of hydrogen-bond donors (Lipinski definition) is 0. The van der Waals surface area contributed by atoms with Crippen molar-refractivity contribution in [2.75, 3.05) is 31.1 Å².